The fraction of sp³-hybridized carbons (Fsp3) is 0.343. The maximum atomic E-state index is 9.75. The number of benzene rings is 3. The summed E-state index contributed by atoms with van der Waals surface area (Å²) in [7, 11) is -6.00. The summed E-state index contributed by atoms with van der Waals surface area (Å²) in [5.41, 5.74) is 7.69. The van der Waals surface area contributed by atoms with Crippen LogP contribution in [0.4, 0.5) is 17.3 Å². The van der Waals surface area contributed by atoms with Crippen LogP contribution in [0.5, 0.6) is 0 Å². The van der Waals surface area contributed by atoms with E-state index in [9.17, 15) is 17.3 Å². The first kappa shape index (κ1) is 33.8. The van der Waals surface area contributed by atoms with Crippen molar-refractivity contribution in [2.45, 2.75) is 77.7 Å². The summed E-state index contributed by atoms with van der Waals surface area (Å²) in [6.45, 7) is 3.33. The molecule has 0 radical (unpaired) electrons. The fourth-order valence-corrected chi connectivity index (χ4v) is 5.70. The molecule has 0 atom stereocenters. The molecule has 1 aromatic heterocycles. The number of rotatable bonds is 14. The number of hydrogen-bond acceptors (Lipinski definition) is 0. The van der Waals surface area contributed by atoms with Crippen molar-refractivity contribution in [1.82, 2.24) is 0 Å². The van der Waals surface area contributed by atoms with E-state index in [0.29, 0.717) is 0 Å². The number of hydrogen-bond donors (Lipinski definition) is 0. The zero-order valence-corrected chi connectivity index (χ0v) is 26.6. The second kappa shape index (κ2) is 18.1. The van der Waals surface area contributed by atoms with E-state index in [2.05, 4.69) is 131 Å². The van der Waals surface area contributed by atoms with Crippen molar-refractivity contribution >= 4 is 29.8 Å². The van der Waals surface area contributed by atoms with Gasteiger partial charge in [0.1, 0.15) is 6.54 Å². The summed E-state index contributed by atoms with van der Waals surface area (Å²) >= 11 is 2.43. The third-order valence-electron chi connectivity index (χ3n) is 7.20. The van der Waals surface area contributed by atoms with Gasteiger partial charge >= 0.3 is 7.25 Å². The minimum atomic E-state index is -6.00. The van der Waals surface area contributed by atoms with Crippen molar-refractivity contribution in [3.63, 3.8) is 0 Å². The van der Waals surface area contributed by atoms with E-state index < -0.39 is 7.25 Å². The number of pyridine rings is 1. The van der Waals surface area contributed by atoms with Gasteiger partial charge in [0, 0.05) is 33.3 Å². The Labute approximate surface area is 262 Å². The quantitative estimate of drug-likeness (QED) is 0.0408. The lowest BCUT2D eigenvalue weighted by atomic mass is 9.98. The maximum absolute atomic E-state index is 9.75. The van der Waals surface area contributed by atoms with Crippen molar-refractivity contribution in [2.24, 2.45) is 0 Å². The number of nitrogens with zero attached hydrogens (tertiary/aromatic N) is 1. The Balaban J connectivity index is 0.000000892. The highest BCUT2D eigenvalue weighted by molar-refractivity contribution is 14.1. The van der Waals surface area contributed by atoms with Gasteiger partial charge in [-0.1, -0.05) is 113 Å². The van der Waals surface area contributed by atoms with E-state index >= 15 is 0 Å². The van der Waals surface area contributed by atoms with Crippen molar-refractivity contribution < 1.29 is 21.8 Å². The molecule has 0 amide bonds. The van der Waals surface area contributed by atoms with Gasteiger partial charge in [-0.2, -0.15) is 4.57 Å². The van der Waals surface area contributed by atoms with Crippen LogP contribution < -0.4 is 4.57 Å². The number of unbranched alkanes of at least 4 members (excludes halogenated alkanes) is 9. The predicted octanol–water partition coefficient (Wildman–Crippen LogP) is 11.8. The van der Waals surface area contributed by atoms with Crippen molar-refractivity contribution in [3.05, 3.63) is 101 Å². The smallest absolute Gasteiger partial charge is 0.418 e. The molecule has 0 bridgehead atoms. The summed E-state index contributed by atoms with van der Waals surface area (Å²) < 4.78 is 42.8. The van der Waals surface area contributed by atoms with Crippen LogP contribution in [-0.4, -0.2) is 7.25 Å². The molecule has 0 spiro atoms. The Hall–Kier alpha value is -2.68. The van der Waals surface area contributed by atoms with Gasteiger partial charge in [-0.15, -0.1) is 0 Å². The monoisotopic (exact) mass is 689 g/mol. The van der Waals surface area contributed by atoms with Gasteiger partial charge in [0.05, 0.1) is 0 Å². The fourth-order valence-electron chi connectivity index (χ4n) is 5.15. The van der Waals surface area contributed by atoms with Crippen LogP contribution >= 0.6 is 22.6 Å². The molecule has 7 heteroatoms. The summed E-state index contributed by atoms with van der Waals surface area (Å²) in [5, 5.41) is 0. The molecular formula is C35H41BF4IN. The standard InChI is InChI=1S/C35H41IN.BF4/c1-2-3-4-5-6-7-8-9-10-17-25-37-34(30-21-15-12-16-22-30)27-32(29-19-13-11-14-20-29)28-35(37)31-23-18-24-33(36)26-31;2-1(3,4)5/h11-16,18-24,26-28H,2-10,17,25H2,1H3;/q+1;-1. The zero-order valence-electron chi connectivity index (χ0n) is 24.4. The maximum Gasteiger partial charge on any atom is 0.673 e. The molecule has 4 rings (SSSR count). The minimum Gasteiger partial charge on any atom is -0.418 e. The molecule has 0 saturated carbocycles. The van der Waals surface area contributed by atoms with Gasteiger partial charge in [0.25, 0.3) is 0 Å². The highest BCUT2D eigenvalue weighted by Crippen LogP contribution is 2.30. The van der Waals surface area contributed by atoms with E-state index in [4.69, 9.17) is 0 Å². The van der Waals surface area contributed by atoms with Gasteiger partial charge in [-0.3, -0.25) is 0 Å². The Morgan fingerprint density at radius 2 is 0.976 bits per heavy atom. The van der Waals surface area contributed by atoms with Gasteiger partial charge < -0.3 is 17.3 Å². The van der Waals surface area contributed by atoms with Crippen LogP contribution in [0, 0.1) is 3.57 Å². The molecule has 0 unspecified atom stereocenters. The van der Waals surface area contributed by atoms with E-state index in [0.717, 1.165) is 6.54 Å². The molecule has 0 aliphatic heterocycles. The molecular weight excluding hydrogens is 648 g/mol. The highest BCUT2D eigenvalue weighted by atomic mass is 127. The van der Waals surface area contributed by atoms with E-state index in [1.165, 1.54) is 101 Å². The van der Waals surface area contributed by atoms with E-state index in [1.54, 1.807) is 0 Å². The molecule has 0 aliphatic carbocycles. The molecule has 4 aromatic rings. The van der Waals surface area contributed by atoms with Gasteiger partial charge in [-0.25, -0.2) is 0 Å². The van der Waals surface area contributed by atoms with E-state index in [1.807, 2.05) is 0 Å². The first-order valence-corrected chi connectivity index (χ1v) is 16.2. The Bertz CT molecular complexity index is 1320. The molecule has 0 saturated heterocycles. The largest absolute Gasteiger partial charge is 0.673 e. The molecule has 0 aliphatic rings. The second-order valence-electron chi connectivity index (χ2n) is 10.6. The molecule has 3 aromatic carbocycles. The predicted molar refractivity (Wildman–Crippen MR) is 178 cm³/mol. The van der Waals surface area contributed by atoms with Gasteiger partial charge in [0.2, 0.25) is 11.4 Å². The molecule has 1 nitrogen and oxygen atoms in total. The van der Waals surface area contributed by atoms with Gasteiger partial charge in [0.15, 0.2) is 0 Å². The first-order chi connectivity index (χ1) is 20.3. The van der Waals surface area contributed by atoms with Crippen LogP contribution in [0.3, 0.4) is 0 Å². The summed E-state index contributed by atoms with van der Waals surface area (Å²) in [4.78, 5) is 0. The lowest BCUT2D eigenvalue weighted by Gasteiger charge is -2.13. The highest BCUT2D eigenvalue weighted by Gasteiger charge is 2.23. The summed E-state index contributed by atoms with van der Waals surface area (Å²) in [6.07, 6.45) is 13.6. The minimum absolute atomic E-state index is 1.04. The Morgan fingerprint density at radius 3 is 1.50 bits per heavy atom. The molecule has 42 heavy (non-hydrogen) atoms. The molecule has 0 fully saturated rings. The first-order valence-electron chi connectivity index (χ1n) is 15.1. The molecule has 1 heterocycles. The third kappa shape index (κ3) is 12.3. The van der Waals surface area contributed by atoms with Crippen molar-refractivity contribution in [1.29, 1.82) is 0 Å². The van der Waals surface area contributed by atoms with Crippen molar-refractivity contribution in [3.8, 4) is 33.6 Å². The van der Waals surface area contributed by atoms with E-state index in [-0.39, 0.29) is 0 Å². The second-order valence-corrected chi connectivity index (χ2v) is 11.8. The lowest BCUT2D eigenvalue weighted by molar-refractivity contribution is -0.675. The average molecular weight is 689 g/mol. The Kier molecular flexibility index (Phi) is 14.6. The van der Waals surface area contributed by atoms with Crippen LogP contribution in [0.15, 0.2) is 97.1 Å². The average Bonchev–Trinajstić information content (AvgIpc) is 2.98. The zero-order chi connectivity index (χ0) is 30.2. The lowest BCUT2D eigenvalue weighted by Crippen LogP contribution is -2.39. The molecule has 224 valence electrons. The van der Waals surface area contributed by atoms with Crippen LogP contribution in [0.25, 0.3) is 33.6 Å². The third-order valence-corrected chi connectivity index (χ3v) is 7.87. The van der Waals surface area contributed by atoms with Crippen LogP contribution in [0.2, 0.25) is 0 Å². The van der Waals surface area contributed by atoms with Gasteiger partial charge in [-0.05, 0) is 70.5 Å². The van der Waals surface area contributed by atoms with Crippen molar-refractivity contribution in [2.75, 3.05) is 0 Å². The number of aromatic nitrogens is 1. The summed E-state index contributed by atoms with van der Waals surface area (Å²) in [6, 6.07) is 35.4. The van der Waals surface area contributed by atoms with Crippen LogP contribution in [-0.2, 0) is 6.54 Å². The summed E-state index contributed by atoms with van der Waals surface area (Å²) in [5.74, 6) is 0. The normalized spacial score (nSPS) is 11.2. The Morgan fingerprint density at radius 1 is 0.524 bits per heavy atom. The molecule has 0 N–H and O–H groups in total. The SMILES string of the molecule is CCCCCCCCCCCC[n+]1c(-c2ccccc2)cc(-c2ccccc2)cc1-c1cccc(I)c1.F[B-](F)(F)F. The van der Waals surface area contributed by atoms with Crippen LogP contribution in [0.1, 0.15) is 71.1 Å². The number of halogens is 5. The topological polar surface area (TPSA) is 3.88 Å².